The molecule has 0 bridgehead atoms. The summed E-state index contributed by atoms with van der Waals surface area (Å²) in [4.78, 5) is 12.1. The van der Waals surface area contributed by atoms with Crippen LogP contribution >= 0.6 is 11.8 Å². The smallest absolute Gasteiger partial charge is 0.234 e. The van der Waals surface area contributed by atoms with E-state index < -0.39 is 0 Å². The number of nitrogens with two attached hydrogens (primary N) is 1. The van der Waals surface area contributed by atoms with E-state index >= 15 is 0 Å². The minimum Gasteiger partial charge on any atom is -0.368 e. The standard InChI is InChI=1S/C15H19N5OS/c1-9-3-4-11(7-10(9)2)17-13(21)8-22-15-19-18-14(16)20(15)12-5-6-12/h3-4,7,12H,5-6,8H2,1-2H3,(H2,16,18)(H,17,21). The summed E-state index contributed by atoms with van der Waals surface area (Å²) in [7, 11) is 0. The molecule has 7 heteroatoms. The zero-order valence-corrected chi connectivity index (χ0v) is 13.5. The molecule has 1 aromatic heterocycles. The van der Waals surface area contributed by atoms with E-state index in [0.29, 0.717) is 12.0 Å². The van der Waals surface area contributed by atoms with Gasteiger partial charge < -0.3 is 11.1 Å². The fourth-order valence-electron chi connectivity index (χ4n) is 2.21. The molecule has 3 rings (SSSR count). The first-order valence-electron chi connectivity index (χ1n) is 7.25. The Morgan fingerprint density at radius 3 is 2.82 bits per heavy atom. The van der Waals surface area contributed by atoms with Crippen molar-refractivity contribution in [1.29, 1.82) is 0 Å². The number of amides is 1. The maximum Gasteiger partial charge on any atom is 0.234 e. The van der Waals surface area contributed by atoms with E-state index in [2.05, 4.69) is 15.5 Å². The largest absolute Gasteiger partial charge is 0.368 e. The van der Waals surface area contributed by atoms with Gasteiger partial charge in [0.1, 0.15) is 0 Å². The SMILES string of the molecule is Cc1ccc(NC(=O)CSc2nnc(N)n2C2CC2)cc1C. The molecule has 1 saturated carbocycles. The molecule has 1 amide bonds. The Bertz CT molecular complexity index is 708. The normalized spacial score (nSPS) is 14.1. The van der Waals surface area contributed by atoms with Gasteiger partial charge in [-0.1, -0.05) is 17.8 Å². The number of nitrogens with zero attached hydrogens (tertiary/aromatic N) is 3. The number of anilines is 2. The van der Waals surface area contributed by atoms with Crippen LogP contribution in [0.3, 0.4) is 0 Å². The number of thioether (sulfide) groups is 1. The monoisotopic (exact) mass is 317 g/mol. The zero-order chi connectivity index (χ0) is 15.7. The van der Waals surface area contributed by atoms with Crippen LogP contribution in [0.1, 0.15) is 30.0 Å². The molecule has 116 valence electrons. The highest BCUT2D eigenvalue weighted by Gasteiger charge is 2.29. The third-order valence-electron chi connectivity index (χ3n) is 3.73. The van der Waals surface area contributed by atoms with E-state index in [1.165, 1.54) is 17.3 Å². The third kappa shape index (κ3) is 3.24. The number of hydrogen-bond acceptors (Lipinski definition) is 5. The number of aryl methyl sites for hydroxylation is 2. The summed E-state index contributed by atoms with van der Waals surface area (Å²) in [6.07, 6.45) is 2.20. The summed E-state index contributed by atoms with van der Waals surface area (Å²) in [5.41, 5.74) is 9.00. The summed E-state index contributed by atoms with van der Waals surface area (Å²) in [5, 5.41) is 11.6. The van der Waals surface area contributed by atoms with Crippen LogP contribution in [-0.4, -0.2) is 26.4 Å². The van der Waals surface area contributed by atoms with E-state index in [0.717, 1.165) is 29.2 Å². The van der Waals surface area contributed by atoms with Gasteiger partial charge in [-0.2, -0.15) is 0 Å². The van der Waals surface area contributed by atoms with E-state index in [1.807, 2.05) is 36.6 Å². The molecular weight excluding hydrogens is 298 g/mol. The number of aromatic nitrogens is 3. The average Bonchev–Trinajstić information content (AvgIpc) is 3.24. The summed E-state index contributed by atoms with van der Waals surface area (Å²) >= 11 is 1.37. The van der Waals surface area contributed by atoms with Crippen molar-refractivity contribution in [3.63, 3.8) is 0 Å². The molecule has 0 spiro atoms. The Kier molecular flexibility index (Phi) is 4.06. The van der Waals surface area contributed by atoms with Crippen molar-refractivity contribution in [2.75, 3.05) is 16.8 Å². The molecule has 0 atom stereocenters. The predicted molar refractivity (Wildman–Crippen MR) is 88.0 cm³/mol. The van der Waals surface area contributed by atoms with Gasteiger partial charge in [0.15, 0.2) is 5.16 Å². The minimum absolute atomic E-state index is 0.0582. The first-order valence-corrected chi connectivity index (χ1v) is 8.23. The zero-order valence-electron chi connectivity index (χ0n) is 12.7. The van der Waals surface area contributed by atoms with Gasteiger partial charge in [-0.25, -0.2) is 0 Å². The lowest BCUT2D eigenvalue weighted by Gasteiger charge is -2.08. The summed E-state index contributed by atoms with van der Waals surface area (Å²) in [6.45, 7) is 4.08. The van der Waals surface area contributed by atoms with Gasteiger partial charge >= 0.3 is 0 Å². The minimum atomic E-state index is -0.0582. The van der Waals surface area contributed by atoms with Crippen molar-refractivity contribution in [3.05, 3.63) is 29.3 Å². The molecule has 0 saturated heterocycles. The fraction of sp³-hybridized carbons (Fsp3) is 0.400. The van der Waals surface area contributed by atoms with Crippen molar-refractivity contribution in [3.8, 4) is 0 Å². The molecule has 6 nitrogen and oxygen atoms in total. The van der Waals surface area contributed by atoms with Gasteiger partial charge in [0.2, 0.25) is 11.9 Å². The number of hydrogen-bond donors (Lipinski definition) is 2. The van der Waals surface area contributed by atoms with Crippen molar-refractivity contribution < 1.29 is 4.79 Å². The second kappa shape index (κ2) is 6.00. The number of carbonyl (C=O) groups excluding carboxylic acids is 1. The van der Waals surface area contributed by atoms with E-state index in [-0.39, 0.29) is 11.7 Å². The Morgan fingerprint density at radius 1 is 1.36 bits per heavy atom. The predicted octanol–water partition coefficient (Wildman–Crippen LogP) is 2.54. The van der Waals surface area contributed by atoms with Crippen LogP contribution in [0.15, 0.2) is 23.4 Å². The lowest BCUT2D eigenvalue weighted by Crippen LogP contribution is -2.15. The molecule has 0 unspecified atom stereocenters. The van der Waals surface area contributed by atoms with Crippen LogP contribution in [-0.2, 0) is 4.79 Å². The highest BCUT2D eigenvalue weighted by molar-refractivity contribution is 7.99. The fourth-order valence-corrected chi connectivity index (χ4v) is 3.02. The lowest BCUT2D eigenvalue weighted by atomic mass is 10.1. The quantitative estimate of drug-likeness (QED) is 0.828. The highest BCUT2D eigenvalue weighted by Crippen LogP contribution is 2.39. The Labute approximate surface area is 133 Å². The van der Waals surface area contributed by atoms with E-state index in [4.69, 9.17) is 5.73 Å². The maximum atomic E-state index is 12.1. The summed E-state index contributed by atoms with van der Waals surface area (Å²) in [5.74, 6) is 0.661. The summed E-state index contributed by atoms with van der Waals surface area (Å²) in [6, 6.07) is 6.29. The van der Waals surface area contributed by atoms with Gasteiger partial charge in [-0.05, 0) is 49.9 Å². The first kappa shape index (κ1) is 14.9. The average molecular weight is 317 g/mol. The molecule has 1 aromatic carbocycles. The Morgan fingerprint density at radius 2 is 2.14 bits per heavy atom. The van der Waals surface area contributed by atoms with Gasteiger partial charge in [0.25, 0.3) is 0 Å². The maximum absolute atomic E-state index is 12.1. The Hall–Kier alpha value is -2.02. The van der Waals surface area contributed by atoms with Gasteiger partial charge in [-0.15, -0.1) is 10.2 Å². The third-order valence-corrected chi connectivity index (χ3v) is 4.67. The number of benzene rings is 1. The molecule has 3 N–H and O–H groups in total. The molecule has 1 fully saturated rings. The van der Waals surface area contributed by atoms with Crippen molar-refractivity contribution in [1.82, 2.24) is 14.8 Å². The van der Waals surface area contributed by atoms with Crippen molar-refractivity contribution >= 4 is 29.3 Å². The number of nitrogen functional groups attached to an aromatic ring is 1. The van der Waals surface area contributed by atoms with Gasteiger partial charge in [0.05, 0.1) is 5.75 Å². The topological polar surface area (TPSA) is 85.8 Å². The molecule has 1 heterocycles. The number of rotatable bonds is 5. The van der Waals surface area contributed by atoms with Crippen LogP contribution in [0.25, 0.3) is 0 Å². The van der Waals surface area contributed by atoms with Crippen LogP contribution in [0.2, 0.25) is 0 Å². The molecule has 0 radical (unpaired) electrons. The molecule has 1 aliphatic rings. The van der Waals surface area contributed by atoms with Gasteiger partial charge in [0, 0.05) is 11.7 Å². The van der Waals surface area contributed by atoms with Crippen LogP contribution in [0, 0.1) is 13.8 Å². The molecule has 0 aliphatic heterocycles. The van der Waals surface area contributed by atoms with E-state index in [9.17, 15) is 4.79 Å². The van der Waals surface area contributed by atoms with Crippen molar-refractivity contribution in [2.45, 2.75) is 37.9 Å². The molecular formula is C15H19N5OS. The Balaban J connectivity index is 1.59. The molecule has 22 heavy (non-hydrogen) atoms. The molecule has 1 aliphatic carbocycles. The first-order chi connectivity index (χ1) is 10.5. The van der Waals surface area contributed by atoms with Gasteiger partial charge in [-0.3, -0.25) is 9.36 Å². The molecule has 2 aromatic rings. The number of carbonyl (C=O) groups is 1. The van der Waals surface area contributed by atoms with Crippen LogP contribution < -0.4 is 11.1 Å². The lowest BCUT2D eigenvalue weighted by molar-refractivity contribution is -0.113. The second-order valence-electron chi connectivity index (χ2n) is 5.58. The van der Waals surface area contributed by atoms with Crippen molar-refractivity contribution in [2.24, 2.45) is 0 Å². The summed E-state index contributed by atoms with van der Waals surface area (Å²) < 4.78 is 1.92. The van der Waals surface area contributed by atoms with Crippen LogP contribution in [0.4, 0.5) is 11.6 Å². The second-order valence-corrected chi connectivity index (χ2v) is 6.52. The van der Waals surface area contributed by atoms with Crippen LogP contribution in [0.5, 0.6) is 0 Å². The number of nitrogens with one attached hydrogen (secondary N) is 1. The highest BCUT2D eigenvalue weighted by atomic mass is 32.2. The van der Waals surface area contributed by atoms with E-state index in [1.54, 1.807) is 0 Å².